The fourth-order valence-electron chi connectivity index (χ4n) is 1.75. The van der Waals surface area contributed by atoms with Gasteiger partial charge in [0.1, 0.15) is 5.57 Å². The lowest BCUT2D eigenvalue weighted by Crippen LogP contribution is -2.50. The number of carbonyl (C=O) groups is 2. The third-order valence-electron chi connectivity index (χ3n) is 2.83. The van der Waals surface area contributed by atoms with Crippen LogP contribution in [0, 0.1) is 5.92 Å². The Labute approximate surface area is 100 Å². The van der Waals surface area contributed by atoms with E-state index in [-0.39, 0.29) is 18.0 Å². The van der Waals surface area contributed by atoms with Crippen LogP contribution in [0.15, 0.2) is 24.3 Å². The van der Waals surface area contributed by atoms with Crippen molar-refractivity contribution in [3.63, 3.8) is 0 Å². The predicted molar refractivity (Wildman–Crippen MR) is 61.8 cm³/mol. The van der Waals surface area contributed by atoms with Crippen LogP contribution >= 0.6 is 0 Å². The molecule has 0 aromatic carbocycles. The van der Waals surface area contributed by atoms with Crippen LogP contribution < -0.4 is 0 Å². The molecule has 1 aliphatic heterocycles. The summed E-state index contributed by atoms with van der Waals surface area (Å²) < 4.78 is 4.51. The maximum Gasteiger partial charge on any atom is 0.343 e. The second kappa shape index (κ2) is 4.71. The van der Waals surface area contributed by atoms with Gasteiger partial charge in [-0.1, -0.05) is 19.9 Å². The number of carbonyl (C=O) groups excluding carboxylic acids is 2. The van der Waals surface area contributed by atoms with Gasteiger partial charge in [0, 0.05) is 12.5 Å². The molecule has 5 nitrogen and oxygen atoms in total. The molecule has 0 fully saturated rings. The van der Waals surface area contributed by atoms with E-state index >= 15 is 0 Å². The molecule has 5 heteroatoms. The van der Waals surface area contributed by atoms with Crippen LogP contribution in [0.3, 0.4) is 0 Å². The quantitative estimate of drug-likeness (QED) is 0.439. The minimum Gasteiger partial charge on any atom is -0.465 e. The van der Waals surface area contributed by atoms with E-state index in [0.29, 0.717) is 0 Å². The molecule has 0 aromatic rings. The van der Waals surface area contributed by atoms with E-state index in [1.807, 2.05) is 0 Å². The van der Waals surface area contributed by atoms with E-state index < -0.39 is 17.6 Å². The van der Waals surface area contributed by atoms with E-state index in [4.69, 9.17) is 0 Å². The highest BCUT2D eigenvalue weighted by Crippen LogP contribution is 2.32. The topological polar surface area (TPSA) is 66.8 Å². The Bertz CT molecular complexity index is 386. The molecule has 0 saturated carbocycles. The third kappa shape index (κ3) is 2.10. The van der Waals surface area contributed by atoms with Gasteiger partial charge in [-0.15, -0.1) is 6.58 Å². The summed E-state index contributed by atoms with van der Waals surface area (Å²) in [5.74, 6) is -1.51. The predicted octanol–water partition coefficient (Wildman–Crippen LogP) is 0.459. The molecule has 1 atom stereocenters. The molecule has 0 radical (unpaired) electrons. The first-order valence-corrected chi connectivity index (χ1v) is 5.34. The molecule has 1 unspecified atom stereocenters. The van der Waals surface area contributed by atoms with Crippen LogP contribution in [0.5, 0.6) is 0 Å². The molecule has 1 rings (SSSR count). The van der Waals surface area contributed by atoms with E-state index in [1.54, 1.807) is 13.8 Å². The maximum atomic E-state index is 12.0. The van der Waals surface area contributed by atoms with Crippen molar-refractivity contribution in [3.05, 3.63) is 24.3 Å². The Kier molecular flexibility index (Phi) is 3.72. The number of ether oxygens (including phenoxy) is 1. The van der Waals surface area contributed by atoms with Crippen molar-refractivity contribution in [3.8, 4) is 0 Å². The first kappa shape index (κ1) is 13.4. The van der Waals surface area contributed by atoms with Gasteiger partial charge < -0.3 is 14.7 Å². The lowest BCUT2D eigenvalue weighted by Gasteiger charge is -2.35. The summed E-state index contributed by atoms with van der Waals surface area (Å²) in [5, 5.41) is 10.4. The SMILES string of the molecule is C=CCN1C(=O)C(C(=O)OC)=CC1(O)C(C)C. The first-order chi connectivity index (χ1) is 7.88. The third-order valence-corrected chi connectivity index (χ3v) is 2.83. The monoisotopic (exact) mass is 239 g/mol. The number of hydrogen-bond donors (Lipinski definition) is 1. The number of rotatable bonds is 4. The van der Waals surface area contributed by atoms with Crippen LogP contribution in [-0.2, 0) is 14.3 Å². The van der Waals surface area contributed by atoms with Gasteiger partial charge >= 0.3 is 5.97 Å². The number of aliphatic hydroxyl groups is 1. The fraction of sp³-hybridized carbons (Fsp3) is 0.500. The van der Waals surface area contributed by atoms with Gasteiger partial charge in [0.15, 0.2) is 5.72 Å². The van der Waals surface area contributed by atoms with Crippen molar-refractivity contribution in [2.24, 2.45) is 5.92 Å². The number of nitrogens with zero attached hydrogens (tertiary/aromatic N) is 1. The highest BCUT2D eigenvalue weighted by Gasteiger charge is 2.47. The number of methoxy groups -OCH3 is 1. The second-order valence-electron chi connectivity index (χ2n) is 4.19. The minimum absolute atomic E-state index is 0.134. The average molecular weight is 239 g/mol. The van der Waals surface area contributed by atoms with Gasteiger partial charge in [0.05, 0.1) is 7.11 Å². The highest BCUT2D eigenvalue weighted by atomic mass is 16.5. The molecule has 94 valence electrons. The van der Waals surface area contributed by atoms with Crippen molar-refractivity contribution >= 4 is 11.9 Å². The van der Waals surface area contributed by atoms with Crippen molar-refractivity contribution in [2.45, 2.75) is 19.6 Å². The summed E-state index contributed by atoms with van der Waals surface area (Å²) in [7, 11) is 1.20. The van der Waals surface area contributed by atoms with Crippen molar-refractivity contribution in [1.82, 2.24) is 4.90 Å². The maximum absolute atomic E-state index is 12.0. The number of amides is 1. The average Bonchev–Trinajstić information content (AvgIpc) is 2.54. The van der Waals surface area contributed by atoms with Crippen molar-refractivity contribution in [2.75, 3.05) is 13.7 Å². The molecule has 17 heavy (non-hydrogen) atoms. The van der Waals surface area contributed by atoms with E-state index in [1.165, 1.54) is 24.2 Å². The van der Waals surface area contributed by atoms with Crippen LogP contribution in [-0.4, -0.2) is 41.3 Å². The van der Waals surface area contributed by atoms with E-state index in [9.17, 15) is 14.7 Å². The number of hydrogen-bond acceptors (Lipinski definition) is 4. The summed E-state index contributed by atoms with van der Waals surface area (Å²) in [6.45, 7) is 7.23. The highest BCUT2D eigenvalue weighted by molar-refractivity contribution is 6.18. The number of esters is 1. The van der Waals surface area contributed by atoms with Gasteiger partial charge in [-0.25, -0.2) is 4.79 Å². The zero-order valence-electron chi connectivity index (χ0n) is 10.3. The van der Waals surface area contributed by atoms with Crippen molar-refractivity contribution < 1.29 is 19.4 Å². The van der Waals surface area contributed by atoms with E-state index in [2.05, 4.69) is 11.3 Å². The van der Waals surface area contributed by atoms with Gasteiger partial charge in [-0.3, -0.25) is 4.79 Å². The molecular weight excluding hydrogens is 222 g/mol. The molecular formula is C12H17NO4. The Hall–Kier alpha value is -1.62. The van der Waals surface area contributed by atoms with Crippen molar-refractivity contribution in [1.29, 1.82) is 0 Å². The largest absolute Gasteiger partial charge is 0.465 e. The van der Waals surface area contributed by atoms with Gasteiger partial charge in [0.25, 0.3) is 5.91 Å². The standard InChI is InChI=1S/C12H17NO4/c1-5-6-13-10(14)9(11(15)17-4)7-12(13,16)8(2)3/h5,7-8,16H,1,6H2,2-4H3. The van der Waals surface area contributed by atoms with Crippen LogP contribution in [0.2, 0.25) is 0 Å². The Morgan fingerprint density at radius 2 is 2.29 bits per heavy atom. The second-order valence-corrected chi connectivity index (χ2v) is 4.19. The van der Waals surface area contributed by atoms with Crippen LogP contribution in [0.1, 0.15) is 13.8 Å². The molecule has 0 aliphatic carbocycles. The zero-order valence-corrected chi connectivity index (χ0v) is 10.3. The lowest BCUT2D eigenvalue weighted by atomic mass is 9.99. The zero-order chi connectivity index (χ0) is 13.2. The fourth-order valence-corrected chi connectivity index (χ4v) is 1.75. The first-order valence-electron chi connectivity index (χ1n) is 5.34. The summed E-state index contributed by atoms with van der Waals surface area (Å²) in [6, 6.07) is 0. The summed E-state index contributed by atoms with van der Waals surface area (Å²) in [6.07, 6.45) is 2.76. The van der Waals surface area contributed by atoms with E-state index in [0.717, 1.165) is 0 Å². The molecule has 0 bridgehead atoms. The van der Waals surface area contributed by atoms with Gasteiger partial charge in [0.2, 0.25) is 0 Å². The lowest BCUT2D eigenvalue weighted by molar-refractivity contribution is -0.148. The molecule has 0 spiro atoms. The minimum atomic E-state index is -1.46. The Morgan fingerprint density at radius 3 is 2.71 bits per heavy atom. The van der Waals surface area contributed by atoms with Gasteiger partial charge in [-0.05, 0) is 6.08 Å². The molecule has 1 amide bonds. The molecule has 0 saturated heterocycles. The summed E-state index contributed by atoms with van der Waals surface area (Å²) >= 11 is 0. The molecule has 0 aromatic heterocycles. The molecule has 1 aliphatic rings. The molecule has 1 N–H and O–H groups in total. The molecule has 1 heterocycles. The van der Waals surface area contributed by atoms with Crippen LogP contribution in [0.25, 0.3) is 0 Å². The van der Waals surface area contributed by atoms with Crippen LogP contribution in [0.4, 0.5) is 0 Å². The Balaban J connectivity index is 3.17. The van der Waals surface area contributed by atoms with Gasteiger partial charge in [-0.2, -0.15) is 0 Å². The summed E-state index contributed by atoms with van der Waals surface area (Å²) in [5.41, 5.74) is -1.60. The smallest absolute Gasteiger partial charge is 0.343 e. The summed E-state index contributed by atoms with van der Waals surface area (Å²) in [4.78, 5) is 24.6. The Morgan fingerprint density at radius 1 is 1.71 bits per heavy atom. The normalized spacial score (nSPS) is 23.9.